The van der Waals surface area contributed by atoms with Crippen LogP contribution < -0.4 is 0 Å². The maximum atomic E-state index is 6.23. The Labute approximate surface area is 149 Å². The Morgan fingerprint density at radius 3 is 2.08 bits per heavy atom. The van der Waals surface area contributed by atoms with Gasteiger partial charge in [-0.2, -0.15) is 0 Å². The Kier molecular flexibility index (Phi) is 5.35. The number of pyridine rings is 2. The van der Waals surface area contributed by atoms with E-state index in [4.69, 9.17) is 4.74 Å². The Balaban J connectivity index is 1.34. The van der Waals surface area contributed by atoms with E-state index in [9.17, 15) is 0 Å². The van der Waals surface area contributed by atoms with Crippen LogP contribution in [0, 0.1) is 5.92 Å². The summed E-state index contributed by atoms with van der Waals surface area (Å²) in [7, 11) is 0. The van der Waals surface area contributed by atoms with Gasteiger partial charge in [-0.25, -0.2) is 0 Å². The van der Waals surface area contributed by atoms with Gasteiger partial charge in [0.2, 0.25) is 0 Å². The van der Waals surface area contributed by atoms with Crippen molar-refractivity contribution in [1.29, 1.82) is 0 Å². The number of hydrogen-bond donors (Lipinski definition) is 0. The summed E-state index contributed by atoms with van der Waals surface area (Å²) in [5, 5.41) is 0. The van der Waals surface area contributed by atoms with Crippen molar-refractivity contribution in [3.63, 3.8) is 0 Å². The maximum Gasteiger partial charge on any atom is 0.0743 e. The van der Waals surface area contributed by atoms with E-state index in [1.807, 2.05) is 24.8 Å². The van der Waals surface area contributed by atoms with Gasteiger partial charge < -0.3 is 4.74 Å². The average Bonchev–Trinajstić information content (AvgIpc) is 2.85. The molecule has 0 aliphatic carbocycles. The van der Waals surface area contributed by atoms with Crippen LogP contribution in [0.3, 0.4) is 0 Å². The molecule has 4 rings (SSSR count). The first-order chi connectivity index (χ1) is 12.4. The van der Waals surface area contributed by atoms with Crippen LogP contribution in [-0.2, 0) is 17.8 Å². The van der Waals surface area contributed by atoms with Crippen LogP contribution in [0.25, 0.3) is 0 Å². The molecule has 0 saturated carbocycles. The molecule has 0 radical (unpaired) electrons. The smallest absolute Gasteiger partial charge is 0.0743 e. The highest BCUT2D eigenvalue weighted by Crippen LogP contribution is 2.25. The first-order valence-electron chi connectivity index (χ1n) is 9.21. The highest BCUT2D eigenvalue weighted by Gasteiger charge is 2.33. The Morgan fingerprint density at radius 2 is 1.44 bits per heavy atom. The van der Waals surface area contributed by atoms with E-state index < -0.39 is 0 Å². The van der Waals surface area contributed by atoms with E-state index in [0.717, 1.165) is 45.9 Å². The molecule has 2 aliphatic heterocycles. The molecule has 5 nitrogen and oxygen atoms in total. The fourth-order valence-corrected chi connectivity index (χ4v) is 3.96. The lowest BCUT2D eigenvalue weighted by Gasteiger charge is -2.38. The van der Waals surface area contributed by atoms with Crippen molar-refractivity contribution in [2.45, 2.75) is 25.6 Å². The van der Waals surface area contributed by atoms with Gasteiger partial charge in [-0.15, -0.1) is 0 Å². The van der Waals surface area contributed by atoms with E-state index >= 15 is 0 Å². The quantitative estimate of drug-likeness (QED) is 0.855. The number of nitrogens with zero attached hydrogens (tertiary/aromatic N) is 4. The third kappa shape index (κ3) is 4.42. The van der Waals surface area contributed by atoms with Crippen molar-refractivity contribution in [1.82, 2.24) is 19.8 Å². The van der Waals surface area contributed by atoms with Crippen molar-refractivity contribution in [2.75, 3.05) is 32.8 Å². The van der Waals surface area contributed by atoms with Crippen LogP contribution >= 0.6 is 0 Å². The van der Waals surface area contributed by atoms with Crippen molar-refractivity contribution >= 4 is 0 Å². The number of piperidine rings is 1. The molecule has 0 amide bonds. The van der Waals surface area contributed by atoms with Gasteiger partial charge >= 0.3 is 0 Å². The molecule has 0 unspecified atom stereocenters. The van der Waals surface area contributed by atoms with Gasteiger partial charge in [-0.1, -0.05) is 0 Å². The summed E-state index contributed by atoms with van der Waals surface area (Å²) in [6, 6.07) is 8.44. The molecule has 5 heteroatoms. The summed E-state index contributed by atoms with van der Waals surface area (Å²) in [5.74, 6) is 0.637. The van der Waals surface area contributed by atoms with Gasteiger partial charge in [0.1, 0.15) is 0 Å². The molecule has 2 fully saturated rings. The standard InChI is InChI=1S/C20H26N4O/c1-6-21-7-2-17(1)13-23-10-5-19-15-24(11-12-25-20(19)16-23)14-18-3-8-22-9-4-18/h1-4,6-9,19-20H,5,10-16H2/t19-,20-/m0/s1. The lowest BCUT2D eigenvalue weighted by atomic mass is 9.93. The summed E-state index contributed by atoms with van der Waals surface area (Å²) in [5.41, 5.74) is 2.67. The summed E-state index contributed by atoms with van der Waals surface area (Å²) < 4.78 is 6.23. The minimum absolute atomic E-state index is 0.359. The molecule has 0 bridgehead atoms. The zero-order valence-electron chi connectivity index (χ0n) is 14.6. The van der Waals surface area contributed by atoms with Crippen LogP contribution in [0.4, 0.5) is 0 Å². The number of fused-ring (bicyclic) bond motifs is 1. The molecular formula is C20H26N4O. The third-order valence-corrected chi connectivity index (χ3v) is 5.32. The van der Waals surface area contributed by atoms with E-state index in [0.29, 0.717) is 12.0 Å². The summed E-state index contributed by atoms with van der Waals surface area (Å²) in [6.45, 7) is 7.16. The fraction of sp³-hybridized carbons (Fsp3) is 0.500. The minimum atomic E-state index is 0.359. The Bertz CT molecular complexity index is 651. The van der Waals surface area contributed by atoms with Gasteiger partial charge in [0.25, 0.3) is 0 Å². The highest BCUT2D eigenvalue weighted by molar-refractivity contribution is 5.10. The molecule has 4 heterocycles. The van der Waals surface area contributed by atoms with E-state index in [1.54, 1.807) is 0 Å². The number of ether oxygens (including phenoxy) is 1. The normalized spacial score (nSPS) is 25.3. The second-order valence-electron chi connectivity index (χ2n) is 7.14. The van der Waals surface area contributed by atoms with Crippen LogP contribution in [0.2, 0.25) is 0 Å². The van der Waals surface area contributed by atoms with Gasteiger partial charge in [0.15, 0.2) is 0 Å². The van der Waals surface area contributed by atoms with E-state index in [1.165, 1.54) is 17.5 Å². The molecule has 132 valence electrons. The van der Waals surface area contributed by atoms with Crippen molar-refractivity contribution < 1.29 is 4.74 Å². The third-order valence-electron chi connectivity index (χ3n) is 5.32. The van der Waals surface area contributed by atoms with Gasteiger partial charge in [0, 0.05) is 63.4 Å². The van der Waals surface area contributed by atoms with Crippen LogP contribution in [0.15, 0.2) is 49.1 Å². The van der Waals surface area contributed by atoms with Crippen LogP contribution in [0.1, 0.15) is 17.5 Å². The second kappa shape index (κ2) is 8.04. The molecule has 2 atom stereocenters. The van der Waals surface area contributed by atoms with Gasteiger partial charge in [-0.05, 0) is 48.4 Å². The predicted molar refractivity (Wildman–Crippen MR) is 96.9 cm³/mol. The second-order valence-corrected chi connectivity index (χ2v) is 7.14. The summed E-state index contributed by atoms with van der Waals surface area (Å²) >= 11 is 0. The number of rotatable bonds is 4. The van der Waals surface area contributed by atoms with Gasteiger partial charge in [0.05, 0.1) is 12.7 Å². The first-order valence-corrected chi connectivity index (χ1v) is 9.21. The minimum Gasteiger partial charge on any atom is -0.375 e. The zero-order valence-corrected chi connectivity index (χ0v) is 14.6. The maximum absolute atomic E-state index is 6.23. The van der Waals surface area contributed by atoms with Crippen LogP contribution in [0.5, 0.6) is 0 Å². The topological polar surface area (TPSA) is 41.5 Å². The van der Waals surface area contributed by atoms with Crippen molar-refractivity contribution in [3.8, 4) is 0 Å². The number of likely N-dealkylation sites (tertiary alicyclic amines) is 1. The predicted octanol–water partition coefficient (Wildman–Crippen LogP) is 2.20. The number of aromatic nitrogens is 2. The largest absolute Gasteiger partial charge is 0.375 e. The molecule has 0 aromatic carbocycles. The van der Waals surface area contributed by atoms with Crippen molar-refractivity contribution in [3.05, 3.63) is 60.2 Å². The summed E-state index contributed by atoms with van der Waals surface area (Å²) in [6.07, 6.45) is 9.08. The van der Waals surface area contributed by atoms with Gasteiger partial charge in [-0.3, -0.25) is 19.8 Å². The molecule has 2 aliphatic rings. The monoisotopic (exact) mass is 338 g/mol. The average molecular weight is 338 g/mol. The van der Waals surface area contributed by atoms with Crippen LogP contribution in [-0.4, -0.2) is 58.7 Å². The van der Waals surface area contributed by atoms with E-state index in [-0.39, 0.29) is 0 Å². The number of hydrogen-bond acceptors (Lipinski definition) is 5. The molecule has 0 N–H and O–H groups in total. The van der Waals surface area contributed by atoms with E-state index in [2.05, 4.69) is 44.0 Å². The Morgan fingerprint density at radius 1 is 0.840 bits per heavy atom. The lowest BCUT2D eigenvalue weighted by molar-refractivity contribution is -0.0242. The molecule has 0 spiro atoms. The van der Waals surface area contributed by atoms with Crippen molar-refractivity contribution in [2.24, 2.45) is 5.92 Å². The Hall–Kier alpha value is -1.82. The SMILES string of the molecule is c1cc(CN2CCO[C@H]3CN(Cc4ccncc4)CC[C@H]3C2)ccn1. The summed E-state index contributed by atoms with van der Waals surface area (Å²) in [4.78, 5) is 13.3. The molecule has 2 aromatic rings. The fourth-order valence-electron chi connectivity index (χ4n) is 3.96. The molecule has 2 saturated heterocycles. The molecule has 2 aromatic heterocycles. The molecular weight excluding hydrogens is 312 g/mol. The first kappa shape index (κ1) is 16.6. The molecule has 25 heavy (non-hydrogen) atoms. The zero-order chi connectivity index (χ0) is 16.9. The lowest BCUT2D eigenvalue weighted by Crippen LogP contribution is -2.46. The highest BCUT2D eigenvalue weighted by atomic mass is 16.5.